The van der Waals surface area contributed by atoms with Crippen LogP contribution in [-0.4, -0.2) is 56.7 Å². The summed E-state index contributed by atoms with van der Waals surface area (Å²) in [6, 6.07) is 3.33. The van der Waals surface area contributed by atoms with Crippen LogP contribution in [0, 0.1) is 0 Å². The number of amides is 1. The van der Waals surface area contributed by atoms with Crippen LogP contribution in [0.3, 0.4) is 0 Å². The standard InChI is InChI=1S/C22H32N2O6/c1-6-28-20(25)18-12-14-11-16(29-10-9-27-5)13-17(23-15-7-8-15)19(14)24(18)21(26)30-22(2,3)4/h11,13,15,18,23H,6-10,12H2,1-5H3. The van der Waals surface area contributed by atoms with E-state index in [1.54, 1.807) is 34.8 Å². The fourth-order valence-electron chi connectivity index (χ4n) is 3.40. The number of hydrogen-bond donors (Lipinski definition) is 1. The molecule has 1 aromatic rings. The Labute approximate surface area is 177 Å². The van der Waals surface area contributed by atoms with E-state index in [-0.39, 0.29) is 6.61 Å². The first-order chi connectivity index (χ1) is 14.2. The molecule has 2 aliphatic rings. The average molecular weight is 421 g/mol. The summed E-state index contributed by atoms with van der Waals surface area (Å²) in [4.78, 5) is 27.2. The number of carbonyl (C=O) groups is 2. The van der Waals surface area contributed by atoms with Crippen LogP contribution in [0.15, 0.2) is 12.1 Å². The Morgan fingerprint density at radius 3 is 2.53 bits per heavy atom. The Bertz CT molecular complexity index is 785. The van der Waals surface area contributed by atoms with Crippen LogP contribution < -0.4 is 15.0 Å². The predicted octanol–water partition coefficient (Wildman–Crippen LogP) is 3.52. The van der Waals surface area contributed by atoms with Gasteiger partial charge in [0.05, 0.1) is 24.6 Å². The van der Waals surface area contributed by atoms with E-state index in [0.29, 0.717) is 37.1 Å². The minimum atomic E-state index is -0.774. The number of hydrogen-bond acceptors (Lipinski definition) is 7. The second-order valence-corrected chi connectivity index (χ2v) is 8.56. The quantitative estimate of drug-likeness (QED) is 0.509. The highest BCUT2D eigenvalue weighted by atomic mass is 16.6. The number of ether oxygens (including phenoxy) is 4. The van der Waals surface area contributed by atoms with Gasteiger partial charge in [0, 0.05) is 25.6 Å². The molecule has 1 aliphatic heterocycles. The number of carbonyl (C=O) groups excluding carboxylic acids is 2. The zero-order valence-corrected chi connectivity index (χ0v) is 18.4. The van der Waals surface area contributed by atoms with Crippen molar-refractivity contribution in [3.8, 4) is 5.75 Å². The highest BCUT2D eigenvalue weighted by Gasteiger charge is 2.43. The van der Waals surface area contributed by atoms with Gasteiger partial charge >= 0.3 is 12.1 Å². The molecule has 0 aromatic heterocycles. The lowest BCUT2D eigenvalue weighted by molar-refractivity contribution is -0.144. The number of rotatable bonds is 8. The van der Waals surface area contributed by atoms with Crippen molar-refractivity contribution in [2.75, 3.05) is 37.1 Å². The lowest BCUT2D eigenvalue weighted by atomic mass is 10.1. The van der Waals surface area contributed by atoms with Crippen LogP contribution in [0.1, 0.15) is 46.1 Å². The van der Waals surface area contributed by atoms with E-state index in [0.717, 1.165) is 24.1 Å². The van der Waals surface area contributed by atoms with E-state index in [4.69, 9.17) is 18.9 Å². The highest BCUT2D eigenvalue weighted by molar-refractivity contribution is 6.02. The number of nitrogens with one attached hydrogen (secondary N) is 1. The maximum atomic E-state index is 13.1. The summed E-state index contributed by atoms with van der Waals surface area (Å²) in [6.45, 7) is 8.28. The lowest BCUT2D eigenvalue weighted by Crippen LogP contribution is -2.46. The van der Waals surface area contributed by atoms with Gasteiger partial charge in [-0.15, -0.1) is 0 Å². The molecule has 1 unspecified atom stereocenters. The number of esters is 1. The van der Waals surface area contributed by atoms with Crippen molar-refractivity contribution in [1.82, 2.24) is 0 Å². The molecule has 8 heteroatoms. The van der Waals surface area contributed by atoms with E-state index >= 15 is 0 Å². The van der Waals surface area contributed by atoms with Crippen LogP contribution >= 0.6 is 0 Å². The Hall–Kier alpha value is -2.48. The molecule has 1 saturated carbocycles. The van der Waals surface area contributed by atoms with Crippen LogP contribution in [0.2, 0.25) is 0 Å². The van der Waals surface area contributed by atoms with Gasteiger partial charge in [0.25, 0.3) is 0 Å². The van der Waals surface area contributed by atoms with Gasteiger partial charge in [0.15, 0.2) is 0 Å². The van der Waals surface area contributed by atoms with Crippen LogP contribution in [-0.2, 0) is 25.4 Å². The largest absolute Gasteiger partial charge is 0.491 e. The number of fused-ring (bicyclic) bond motifs is 1. The van der Waals surface area contributed by atoms with E-state index in [9.17, 15) is 9.59 Å². The SMILES string of the molecule is CCOC(=O)C1Cc2cc(OCCOC)cc(NC3CC3)c2N1C(=O)OC(C)(C)C. The summed E-state index contributed by atoms with van der Waals surface area (Å²) in [5.41, 5.74) is 1.58. The van der Waals surface area contributed by atoms with Crippen molar-refractivity contribution < 1.29 is 28.5 Å². The number of benzene rings is 1. The summed E-state index contributed by atoms with van der Waals surface area (Å²) >= 11 is 0. The molecule has 0 bridgehead atoms. The van der Waals surface area contributed by atoms with E-state index in [2.05, 4.69) is 5.32 Å². The molecule has 1 fully saturated rings. The van der Waals surface area contributed by atoms with Crippen molar-refractivity contribution in [1.29, 1.82) is 0 Å². The second kappa shape index (κ2) is 9.12. The maximum Gasteiger partial charge on any atom is 0.415 e. The minimum absolute atomic E-state index is 0.242. The third-order valence-electron chi connectivity index (χ3n) is 4.77. The summed E-state index contributed by atoms with van der Waals surface area (Å²) in [5, 5.41) is 3.47. The fraction of sp³-hybridized carbons (Fsp3) is 0.636. The van der Waals surface area contributed by atoms with Crippen molar-refractivity contribution in [2.45, 2.75) is 64.6 Å². The van der Waals surface area contributed by atoms with Gasteiger partial charge < -0.3 is 24.3 Å². The van der Waals surface area contributed by atoms with Gasteiger partial charge in [0.2, 0.25) is 0 Å². The first kappa shape index (κ1) is 22.2. The third kappa shape index (κ3) is 5.36. The Kier molecular flexibility index (Phi) is 6.75. The second-order valence-electron chi connectivity index (χ2n) is 8.56. The zero-order chi connectivity index (χ0) is 21.9. The Morgan fingerprint density at radius 2 is 1.93 bits per heavy atom. The smallest absolute Gasteiger partial charge is 0.415 e. The van der Waals surface area contributed by atoms with E-state index in [1.165, 1.54) is 4.90 Å². The Balaban J connectivity index is 1.99. The van der Waals surface area contributed by atoms with E-state index in [1.807, 2.05) is 12.1 Å². The minimum Gasteiger partial charge on any atom is -0.491 e. The first-order valence-electron chi connectivity index (χ1n) is 10.5. The lowest BCUT2D eigenvalue weighted by Gasteiger charge is -2.29. The molecule has 166 valence electrons. The molecule has 30 heavy (non-hydrogen) atoms. The number of anilines is 2. The van der Waals surface area contributed by atoms with Crippen molar-refractivity contribution in [3.63, 3.8) is 0 Å². The van der Waals surface area contributed by atoms with Crippen LogP contribution in [0.5, 0.6) is 5.75 Å². The van der Waals surface area contributed by atoms with Gasteiger partial charge in [-0.3, -0.25) is 4.90 Å². The van der Waals surface area contributed by atoms with Gasteiger partial charge in [-0.25, -0.2) is 9.59 Å². The molecule has 0 radical (unpaired) electrons. The maximum absolute atomic E-state index is 13.1. The molecule has 8 nitrogen and oxygen atoms in total. The van der Waals surface area contributed by atoms with Gasteiger partial charge in [-0.1, -0.05) is 0 Å². The molecular formula is C22H32N2O6. The summed E-state index contributed by atoms with van der Waals surface area (Å²) in [6.07, 6.45) is 1.91. The average Bonchev–Trinajstić information content (AvgIpc) is 3.37. The molecule has 0 spiro atoms. The van der Waals surface area contributed by atoms with Crippen LogP contribution in [0.4, 0.5) is 16.2 Å². The predicted molar refractivity (Wildman–Crippen MR) is 113 cm³/mol. The molecule has 1 amide bonds. The normalized spacial score (nSPS) is 18.0. The number of nitrogens with zero attached hydrogens (tertiary/aromatic N) is 1. The van der Waals surface area contributed by atoms with Gasteiger partial charge in [-0.05, 0) is 52.2 Å². The molecule has 0 saturated heterocycles. The van der Waals surface area contributed by atoms with Gasteiger partial charge in [0.1, 0.15) is 24.0 Å². The molecule has 1 aromatic carbocycles. The molecule has 1 atom stereocenters. The summed E-state index contributed by atoms with van der Waals surface area (Å²) in [5.74, 6) is 0.224. The Morgan fingerprint density at radius 1 is 1.20 bits per heavy atom. The monoisotopic (exact) mass is 420 g/mol. The number of methoxy groups -OCH3 is 1. The first-order valence-corrected chi connectivity index (χ1v) is 10.5. The zero-order valence-electron chi connectivity index (χ0n) is 18.4. The molecule has 1 N–H and O–H groups in total. The van der Waals surface area contributed by atoms with E-state index < -0.39 is 23.7 Å². The van der Waals surface area contributed by atoms with Gasteiger partial charge in [-0.2, -0.15) is 0 Å². The van der Waals surface area contributed by atoms with Crippen LogP contribution in [0.25, 0.3) is 0 Å². The molecule has 1 heterocycles. The molecule has 3 rings (SSSR count). The van der Waals surface area contributed by atoms with Crippen molar-refractivity contribution in [3.05, 3.63) is 17.7 Å². The topological polar surface area (TPSA) is 86.3 Å². The van der Waals surface area contributed by atoms with Crippen molar-refractivity contribution in [2.24, 2.45) is 0 Å². The third-order valence-corrected chi connectivity index (χ3v) is 4.77. The highest BCUT2D eigenvalue weighted by Crippen LogP contribution is 2.44. The molecular weight excluding hydrogens is 388 g/mol. The fourth-order valence-corrected chi connectivity index (χ4v) is 3.40. The van der Waals surface area contributed by atoms with Crippen molar-refractivity contribution >= 4 is 23.4 Å². The summed E-state index contributed by atoms with van der Waals surface area (Å²) < 4.78 is 21.8. The molecule has 1 aliphatic carbocycles. The summed E-state index contributed by atoms with van der Waals surface area (Å²) in [7, 11) is 1.62.